The Hall–Kier alpha value is -0.550. The van der Waals surface area contributed by atoms with Crippen molar-refractivity contribution in [1.82, 2.24) is 4.90 Å². The van der Waals surface area contributed by atoms with Crippen LogP contribution in [0.3, 0.4) is 0 Å². The number of rotatable bonds is 1. The van der Waals surface area contributed by atoms with Crippen LogP contribution in [-0.2, 0) is 0 Å². The fraction of sp³-hybridized carbons (Fsp3) is 0.917. The van der Waals surface area contributed by atoms with Crippen LogP contribution in [0.2, 0.25) is 0 Å². The molecule has 2 rings (SSSR count). The van der Waals surface area contributed by atoms with Crippen molar-refractivity contribution in [1.29, 1.82) is 0 Å². The Morgan fingerprint density at radius 3 is 2.14 bits per heavy atom. The van der Waals surface area contributed by atoms with Crippen molar-refractivity contribution >= 4 is 0 Å². The van der Waals surface area contributed by atoms with Crippen LogP contribution in [-0.4, -0.2) is 30.1 Å². The van der Waals surface area contributed by atoms with Gasteiger partial charge in [0.05, 0.1) is 0 Å². The molecule has 1 aliphatic heterocycles. The fourth-order valence-electron chi connectivity index (χ4n) is 2.83. The van der Waals surface area contributed by atoms with E-state index in [1.54, 1.807) is 0 Å². The summed E-state index contributed by atoms with van der Waals surface area (Å²) in [5, 5.41) is 0. The maximum Gasteiger partial charge on any atom is 0.226 e. The van der Waals surface area contributed by atoms with E-state index in [1.165, 1.54) is 45.2 Å². The van der Waals surface area contributed by atoms with E-state index >= 15 is 0 Å². The summed E-state index contributed by atoms with van der Waals surface area (Å²) in [6, 6.07) is 1.19. The zero-order chi connectivity index (χ0) is 9.80. The van der Waals surface area contributed by atoms with Crippen LogP contribution in [0.1, 0.15) is 44.9 Å². The summed E-state index contributed by atoms with van der Waals surface area (Å²) < 4.78 is 0. The average molecular weight is 192 g/mol. The minimum atomic E-state index is 0.329. The molecular weight excluding hydrogens is 172 g/mol. The van der Waals surface area contributed by atoms with Gasteiger partial charge in [0.15, 0.2) is 0 Å². The first-order valence-corrected chi connectivity index (χ1v) is 6.01. The second-order valence-corrected chi connectivity index (χ2v) is 4.69. The summed E-state index contributed by atoms with van der Waals surface area (Å²) >= 11 is 0. The Balaban J connectivity index is 1.79. The van der Waals surface area contributed by atoms with Crippen molar-refractivity contribution in [3.63, 3.8) is 0 Å². The third-order valence-electron chi connectivity index (χ3n) is 3.77. The molecule has 2 heteroatoms. The fourth-order valence-corrected chi connectivity index (χ4v) is 2.83. The number of piperidine rings is 1. The first-order valence-electron chi connectivity index (χ1n) is 6.01. The molecule has 1 saturated carbocycles. The van der Waals surface area contributed by atoms with E-state index < -0.39 is 0 Å². The van der Waals surface area contributed by atoms with Crippen molar-refractivity contribution in [3.05, 3.63) is 11.4 Å². The van der Waals surface area contributed by atoms with E-state index in [0.717, 1.165) is 18.9 Å². The van der Waals surface area contributed by atoms with E-state index in [0.29, 0.717) is 6.04 Å². The third-order valence-corrected chi connectivity index (χ3v) is 3.77. The van der Waals surface area contributed by atoms with Crippen LogP contribution in [0.4, 0.5) is 0 Å². The summed E-state index contributed by atoms with van der Waals surface area (Å²) in [5.41, 5.74) is 0. The van der Waals surface area contributed by atoms with Crippen LogP contribution in [0.5, 0.6) is 0 Å². The van der Waals surface area contributed by atoms with Gasteiger partial charge in [-0.1, -0.05) is 19.3 Å². The summed E-state index contributed by atoms with van der Waals surface area (Å²) in [6.07, 6.45) is 9.32. The highest BCUT2D eigenvalue weighted by Gasteiger charge is 2.27. The second-order valence-electron chi connectivity index (χ2n) is 4.69. The summed E-state index contributed by atoms with van der Waals surface area (Å²) in [5.74, 6) is 0. The molecular formula is C12H20N2. The molecule has 0 aromatic rings. The van der Waals surface area contributed by atoms with Gasteiger partial charge in [0, 0.05) is 32.0 Å². The topological polar surface area (TPSA) is 7.60 Å². The molecule has 0 aromatic carbocycles. The maximum absolute atomic E-state index is 7.01. The average Bonchev–Trinajstić information content (AvgIpc) is 2.30. The standard InChI is InChI=1S/C12H20N2/c1-13-11-7-9-14(10-8-11)12-5-3-2-4-6-12/h11-12H,2-10H2. The summed E-state index contributed by atoms with van der Waals surface area (Å²) in [7, 11) is 0. The molecule has 1 saturated heterocycles. The van der Waals surface area contributed by atoms with Gasteiger partial charge in [-0.25, -0.2) is 6.57 Å². The number of hydrogen-bond donors (Lipinski definition) is 0. The molecule has 0 aromatic heterocycles. The molecule has 0 N–H and O–H groups in total. The van der Waals surface area contributed by atoms with Crippen LogP contribution < -0.4 is 0 Å². The van der Waals surface area contributed by atoms with Gasteiger partial charge in [0.2, 0.25) is 6.04 Å². The molecule has 0 atom stereocenters. The van der Waals surface area contributed by atoms with E-state index in [-0.39, 0.29) is 0 Å². The molecule has 0 radical (unpaired) electrons. The first kappa shape index (κ1) is 9.98. The number of hydrogen-bond acceptors (Lipinski definition) is 1. The van der Waals surface area contributed by atoms with Gasteiger partial charge in [-0.3, -0.25) is 4.90 Å². The molecule has 0 spiro atoms. The first-order chi connectivity index (χ1) is 6.90. The lowest BCUT2D eigenvalue weighted by atomic mass is 9.92. The van der Waals surface area contributed by atoms with Crippen molar-refractivity contribution in [2.24, 2.45) is 0 Å². The molecule has 2 fully saturated rings. The van der Waals surface area contributed by atoms with Gasteiger partial charge in [-0.15, -0.1) is 0 Å². The highest BCUT2D eigenvalue weighted by Crippen LogP contribution is 2.25. The molecule has 78 valence electrons. The maximum atomic E-state index is 7.01. The van der Waals surface area contributed by atoms with Crippen molar-refractivity contribution in [2.45, 2.75) is 57.0 Å². The Morgan fingerprint density at radius 2 is 1.57 bits per heavy atom. The molecule has 2 nitrogen and oxygen atoms in total. The largest absolute Gasteiger partial charge is 0.314 e. The SMILES string of the molecule is [C-]#[N+]C1CCN(C2CCCCC2)CC1. The van der Waals surface area contributed by atoms with E-state index in [9.17, 15) is 0 Å². The Labute approximate surface area is 87.1 Å². The van der Waals surface area contributed by atoms with Gasteiger partial charge in [-0.2, -0.15) is 0 Å². The Kier molecular flexibility index (Phi) is 3.42. The quantitative estimate of drug-likeness (QED) is 0.580. The predicted octanol–water partition coefficient (Wildman–Crippen LogP) is 2.70. The van der Waals surface area contributed by atoms with Crippen LogP contribution in [0.15, 0.2) is 0 Å². The van der Waals surface area contributed by atoms with Gasteiger partial charge in [-0.05, 0) is 12.8 Å². The molecule has 1 heterocycles. The zero-order valence-electron chi connectivity index (χ0n) is 8.91. The summed E-state index contributed by atoms with van der Waals surface area (Å²) in [4.78, 5) is 6.29. The van der Waals surface area contributed by atoms with Gasteiger partial charge >= 0.3 is 0 Å². The van der Waals surface area contributed by atoms with Crippen LogP contribution in [0, 0.1) is 6.57 Å². The van der Waals surface area contributed by atoms with E-state index in [2.05, 4.69) is 9.74 Å². The Bertz CT molecular complexity index is 205. The van der Waals surface area contributed by atoms with Crippen LogP contribution >= 0.6 is 0 Å². The molecule has 0 amide bonds. The van der Waals surface area contributed by atoms with Crippen LogP contribution in [0.25, 0.3) is 4.85 Å². The number of likely N-dealkylation sites (tertiary alicyclic amines) is 1. The zero-order valence-corrected chi connectivity index (χ0v) is 8.91. The van der Waals surface area contributed by atoms with Crippen molar-refractivity contribution in [2.75, 3.05) is 13.1 Å². The lowest BCUT2D eigenvalue weighted by molar-refractivity contribution is 0.128. The molecule has 0 bridgehead atoms. The number of nitrogens with zero attached hydrogens (tertiary/aromatic N) is 2. The van der Waals surface area contributed by atoms with E-state index in [1.807, 2.05) is 0 Å². The second kappa shape index (κ2) is 4.79. The highest BCUT2D eigenvalue weighted by molar-refractivity contribution is 4.88. The minimum Gasteiger partial charge on any atom is -0.314 e. The monoisotopic (exact) mass is 192 g/mol. The third kappa shape index (κ3) is 2.27. The molecule has 1 aliphatic carbocycles. The summed E-state index contributed by atoms with van der Waals surface area (Å²) in [6.45, 7) is 9.37. The lowest BCUT2D eigenvalue weighted by Crippen LogP contribution is -2.42. The van der Waals surface area contributed by atoms with Crippen molar-refractivity contribution in [3.8, 4) is 0 Å². The smallest absolute Gasteiger partial charge is 0.226 e. The Morgan fingerprint density at radius 1 is 0.929 bits per heavy atom. The highest BCUT2D eigenvalue weighted by atomic mass is 15.2. The lowest BCUT2D eigenvalue weighted by Gasteiger charge is -2.36. The normalized spacial score (nSPS) is 27.4. The van der Waals surface area contributed by atoms with Crippen molar-refractivity contribution < 1.29 is 0 Å². The molecule has 2 aliphatic rings. The minimum absolute atomic E-state index is 0.329. The molecule has 14 heavy (non-hydrogen) atoms. The van der Waals surface area contributed by atoms with E-state index in [4.69, 9.17) is 6.57 Å². The molecule has 0 unspecified atom stereocenters. The predicted molar refractivity (Wildman–Crippen MR) is 58.1 cm³/mol. The van der Waals surface area contributed by atoms with Gasteiger partial charge in [0.1, 0.15) is 0 Å². The van der Waals surface area contributed by atoms with Gasteiger partial charge in [0.25, 0.3) is 0 Å². The van der Waals surface area contributed by atoms with Gasteiger partial charge < -0.3 is 4.85 Å².